The number of benzene rings is 1. The van der Waals surface area contributed by atoms with Crippen LogP contribution in [0.5, 0.6) is 0 Å². The van der Waals surface area contributed by atoms with Crippen LogP contribution in [0.15, 0.2) is 24.3 Å². The van der Waals surface area contributed by atoms with Crippen LogP contribution in [-0.2, 0) is 10.5 Å². The van der Waals surface area contributed by atoms with E-state index in [9.17, 15) is 9.90 Å². The van der Waals surface area contributed by atoms with Gasteiger partial charge >= 0.3 is 5.97 Å². The fourth-order valence-corrected chi connectivity index (χ4v) is 4.41. The van der Waals surface area contributed by atoms with Crippen molar-refractivity contribution in [2.45, 2.75) is 43.9 Å². The quantitative estimate of drug-likeness (QED) is 0.757. The Balaban J connectivity index is 1.81. The summed E-state index contributed by atoms with van der Waals surface area (Å²) < 4.78 is 0. The van der Waals surface area contributed by atoms with Gasteiger partial charge in [0.15, 0.2) is 0 Å². The number of carboxylic acids is 1. The van der Waals surface area contributed by atoms with Gasteiger partial charge in [0.2, 0.25) is 0 Å². The van der Waals surface area contributed by atoms with Crippen molar-refractivity contribution in [2.75, 3.05) is 12.8 Å². The molecule has 0 bridgehead atoms. The topological polar surface area (TPSA) is 49.3 Å². The molecule has 0 radical (unpaired) electrons. The number of aryl methyl sites for hydroxylation is 1. The van der Waals surface area contributed by atoms with Gasteiger partial charge in [-0.25, -0.2) is 0 Å². The third-order valence-electron chi connectivity index (χ3n) is 4.61. The third kappa shape index (κ3) is 3.80. The lowest BCUT2D eigenvalue weighted by Crippen LogP contribution is -2.53. The number of hydrogen-bond acceptors (Lipinski definition) is 3. The number of hydrogen-bond donors (Lipinski definition) is 2. The second-order valence-corrected chi connectivity index (χ2v) is 7.05. The number of rotatable bonds is 7. The Morgan fingerprint density at radius 3 is 3.00 bits per heavy atom. The monoisotopic (exact) mass is 307 g/mol. The fourth-order valence-electron chi connectivity index (χ4n) is 3.40. The van der Waals surface area contributed by atoms with Gasteiger partial charge in [0.1, 0.15) is 5.54 Å². The first kappa shape index (κ1) is 16.4. The Labute approximate surface area is 131 Å². The summed E-state index contributed by atoms with van der Waals surface area (Å²) >= 11 is 1.90. The normalized spacial score (nSPS) is 25.1. The molecule has 3 nitrogen and oxygen atoms in total. The fraction of sp³-hybridized carbons (Fsp3) is 0.588. The van der Waals surface area contributed by atoms with Gasteiger partial charge in [0.05, 0.1) is 0 Å². The summed E-state index contributed by atoms with van der Waals surface area (Å²) in [6, 6.07) is 8.59. The summed E-state index contributed by atoms with van der Waals surface area (Å²) in [5.74, 6) is 1.60. The number of aliphatic carboxylic acids is 1. The minimum Gasteiger partial charge on any atom is -0.480 e. The van der Waals surface area contributed by atoms with E-state index in [1.807, 2.05) is 11.8 Å². The number of carboxylic acid groups (broad SMARTS) is 1. The third-order valence-corrected chi connectivity index (χ3v) is 5.67. The highest BCUT2D eigenvalue weighted by atomic mass is 32.2. The Morgan fingerprint density at radius 1 is 1.52 bits per heavy atom. The molecule has 2 N–H and O–H groups in total. The predicted molar refractivity (Wildman–Crippen MR) is 88.7 cm³/mol. The van der Waals surface area contributed by atoms with Crippen molar-refractivity contribution in [3.05, 3.63) is 35.4 Å². The average molecular weight is 307 g/mol. The van der Waals surface area contributed by atoms with E-state index in [4.69, 9.17) is 0 Å². The van der Waals surface area contributed by atoms with E-state index in [1.54, 1.807) is 7.05 Å². The SMILES string of the molecule is CNC1(C(=O)O)CCCC1CCSCc1cccc(C)c1. The lowest BCUT2D eigenvalue weighted by atomic mass is 9.85. The highest BCUT2D eigenvalue weighted by Gasteiger charge is 2.47. The Morgan fingerprint density at radius 2 is 2.33 bits per heavy atom. The number of nitrogens with one attached hydrogen (secondary N) is 1. The van der Waals surface area contributed by atoms with E-state index in [2.05, 4.69) is 36.5 Å². The molecule has 1 aromatic carbocycles. The van der Waals surface area contributed by atoms with Gasteiger partial charge in [-0.15, -0.1) is 0 Å². The lowest BCUT2D eigenvalue weighted by molar-refractivity contribution is -0.146. The smallest absolute Gasteiger partial charge is 0.324 e. The second-order valence-electron chi connectivity index (χ2n) is 5.95. The Bertz CT molecular complexity index is 491. The number of likely N-dealkylation sites (N-methyl/N-ethyl adjacent to an activating group) is 1. The zero-order chi connectivity index (χ0) is 15.3. The molecule has 0 heterocycles. The predicted octanol–water partition coefficient (Wildman–Crippen LogP) is 3.46. The molecule has 0 aliphatic heterocycles. The van der Waals surface area contributed by atoms with Crippen molar-refractivity contribution in [1.29, 1.82) is 0 Å². The molecule has 1 saturated carbocycles. The van der Waals surface area contributed by atoms with Crippen LogP contribution in [-0.4, -0.2) is 29.4 Å². The molecular weight excluding hydrogens is 282 g/mol. The summed E-state index contributed by atoms with van der Waals surface area (Å²) in [6.07, 6.45) is 3.77. The molecule has 2 unspecified atom stereocenters. The molecule has 0 amide bonds. The van der Waals surface area contributed by atoms with Crippen LogP contribution in [0.2, 0.25) is 0 Å². The first-order chi connectivity index (χ1) is 10.1. The number of carbonyl (C=O) groups is 1. The minimum atomic E-state index is -0.691. The first-order valence-electron chi connectivity index (χ1n) is 7.64. The number of thioether (sulfide) groups is 1. The average Bonchev–Trinajstić information content (AvgIpc) is 2.88. The van der Waals surface area contributed by atoms with E-state index >= 15 is 0 Å². The van der Waals surface area contributed by atoms with Crippen molar-refractivity contribution >= 4 is 17.7 Å². The van der Waals surface area contributed by atoms with Crippen LogP contribution in [0.4, 0.5) is 0 Å². The van der Waals surface area contributed by atoms with Gasteiger partial charge in [-0.05, 0) is 50.5 Å². The van der Waals surface area contributed by atoms with E-state index in [0.717, 1.165) is 37.2 Å². The molecule has 0 saturated heterocycles. The molecule has 0 spiro atoms. The van der Waals surface area contributed by atoms with Gasteiger partial charge in [-0.3, -0.25) is 4.79 Å². The molecule has 4 heteroatoms. The van der Waals surface area contributed by atoms with Crippen molar-refractivity contribution in [3.8, 4) is 0 Å². The molecule has 1 fully saturated rings. The molecular formula is C17H25NO2S. The van der Waals surface area contributed by atoms with Gasteiger partial charge in [-0.1, -0.05) is 36.2 Å². The highest BCUT2D eigenvalue weighted by molar-refractivity contribution is 7.98. The maximum Gasteiger partial charge on any atom is 0.324 e. The van der Waals surface area contributed by atoms with Crippen molar-refractivity contribution < 1.29 is 9.90 Å². The standard InChI is InChI=1S/C17H25NO2S/c1-13-5-3-6-14(11-13)12-21-10-8-15-7-4-9-17(15,18-2)16(19)20/h3,5-6,11,15,18H,4,7-10,12H2,1-2H3,(H,19,20). The van der Waals surface area contributed by atoms with Gasteiger partial charge in [-0.2, -0.15) is 11.8 Å². The first-order valence-corrected chi connectivity index (χ1v) is 8.79. The summed E-state index contributed by atoms with van der Waals surface area (Å²) in [4.78, 5) is 11.6. The molecule has 1 aliphatic carbocycles. The molecule has 2 rings (SSSR count). The molecule has 0 aromatic heterocycles. The highest BCUT2D eigenvalue weighted by Crippen LogP contribution is 2.38. The van der Waals surface area contributed by atoms with Crippen LogP contribution < -0.4 is 5.32 Å². The Kier molecular flexibility index (Phi) is 5.71. The van der Waals surface area contributed by atoms with Gasteiger partial charge in [0, 0.05) is 5.75 Å². The van der Waals surface area contributed by atoms with Crippen LogP contribution in [0.25, 0.3) is 0 Å². The largest absolute Gasteiger partial charge is 0.480 e. The maximum atomic E-state index is 11.6. The van der Waals surface area contributed by atoms with Crippen LogP contribution in [0, 0.1) is 12.8 Å². The maximum absolute atomic E-state index is 11.6. The lowest BCUT2D eigenvalue weighted by Gasteiger charge is -2.31. The zero-order valence-electron chi connectivity index (χ0n) is 12.9. The Hall–Kier alpha value is -1.00. The summed E-state index contributed by atoms with van der Waals surface area (Å²) in [7, 11) is 1.78. The molecule has 21 heavy (non-hydrogen) atoms. The zero-order valence-corrected chi connectivity index (χ0v) is 13.7. The minimum absolute atomic E-state index is 0.255. The molecule has 1 aliphatic rings. The summed E-state index contributed by atoms with van der Waals surface area (Å²) in [6.45, 7) is 2.11. The van der Waals surface area contributed by atoms with E-state index in [1.165, 1.54) is 11.1 Å². The van der Waals surface area contributed by atoms with Crippen LogP contribution in [0.3, 0.4) is 0 Å². The van der Waals surface area contributed by atoms with E-state index in [-0.39, 0.29) is 5.92 Å². The van der Waals surface area contributed by atoms with Crippen LogP contribution in [0.1, 0.15) is 36.8 Å². The van der Waals surface area contributed by atoms with Crippen molar-refractivity contribution in [3.63, 3.8) is 0 Å². The second kappa shape index (κ2) is 7.32. The van der Waals surface area contributed by atoms with Gasteiger partial charge < -0.3 is 10.4 Å². The molecule has 1 aromatic rings. The van der Waals surface area contributed by atoms with Gasteiger partial charge in [0.25, 0.3) is 0 Å². The summed E-state index contributed by atoms with van der Waals surface area (Å²) in [5.41, 5.74) is 1.96. The molecule has 116 valence electrons. The van der Waals surface area contributed by atoms with E-state index in [0.29, 0.717) is 0 Å². The van der Waals surface area contributed by atoms with Crippen molar-refractivity contribution in [2.24, 2.45) is 5.92 Å². The van der Waals surface area contributed by atoms with Crippen molar-refractivity contribution in [1.82, 2.24) is 5.32 Å². The van der Waals surface area contributed by atoms with Crippen LogP contribution >= 0.6 is 11.8 Å². The van der Waals surface area contributed by atoms with E-state index < -0.39 is 11.5 Å². The summed E-state index contributed by atoms with van der Waals surface area (Å²) in [5, 5.41) is 12.6. The molecule has 2 atom stereocenters.